The Hall–Kier alpha value is -0.0800. The fourth-order valence-electron chi connectivity index (χ4n) is 3.62. The molecule has 0 aliphatic rings. The molecule has 0 aromatic heterocycles. The van der Waals surface area contributed by atoms with Crippen LogP contribution in [-0.4, -0.2) is 37.1 Å². The summed E-state index contributed by atoms with van der Waals surface area (Å²) < 4.78 is 0. The summed E-state index contributed by atoms with van der Waals surface area (Å²) in [6, 6.07) is 0.628. The lowest BCUT2D eigenvalue weighted by atomic mass is 9.80. The highest BCUT2D eigenvalue weighted by atomic mass is 15.2. The first-order chi connectivity index (χ1) is 9.58. The molecule has 122 valence electrons. The molecule has 0 spiro atoms. The highest BCUT2D eigenvalue weighted by Gasteiger charge is 2.36. The molecule has 0 aliphatic heterocycles. The Bertz CT molecular complexity index is 209. The van der Waals surface area contributed by atoms with Gasteiger partial charge >= 0.3 is 0 Å². The van der Waals surface area contributed by atoms with E-state index >= 15 is 0 Å². The number of hydrogen-bond acceptors (Lipinski definition) is 2. The van der Waals surface area contributed by atoms with E-state index < -0.39 is 0 Å². The van der Waals surface area contributed by atoms with Crippen molar-refractivity contribution in [3.8, 4) is 0 Å². The van der Waals surface area contributed by atoms with Gasteiger partial charge in [0.1, 0.15) is 0 Å². The van der Waals surface area contributed by atoms with Crippen LogP contribution >= 0.6 is 0 Å². The molecule has 0 fully saturated rings. The molecular formula is C18H40N2. The highest BCUT2D eigenvalue weighted by molar-refractivity contribution is 4.96. The van der Waals surface area contributed by atoms with Gasteiger partial charge in [0.2, 0.25) is 0 Å². The van der Waals surface area contributed by atoms with Gasteiger partial charge in [-0.05, 0) is 39.9 Å². The van der Waals surface area contributed by atoms with Gasteiger partial charge in [-0.3, -0.25) is 0 Å². The largest absolute Gasteiger partial charge is 0.312 e. The Morgan fingerprint density at radius 1 is 0.850 bits per heavy atom. The third-order valence-electron chi connectivity index (χ3n) is 5.06. The molecule has 0 bridgehead atoms. The van der Waals surface area contributed by atoms with Gasteiger partial charge in [0.05, 0.1) is 0 Å². The summed E-state index contributed by atoms with van der Waals surface area (Å²) in [6.45, 7) is 10.3. The van der Waals surface area contributed by atoms with Crippen molar-refractivity contribution in [1.29, 1.82) is 0 Å². The highest BCUT2D eigenvalue weighted by Crippen LogP contribution is 2.29. The minimum absolute atomic E-state index is 0.319. The lowest BCUT2D eigenvalue weighted by molar-refractivity contribution is 0.0835. The van der Waals surface area contributed by atoms with E-state index in [1.54, 1.807) is 0 Å². The molecule has 2 nitrogen and oxygen atoms in total. The van der Waals surface area contributed by atoms with E-state index in [2.05, 4.69) is 52.0 Å². The summed E-state index contributed by atoms with van der Waals surface area (Å²) in [5.41, 5.74) is 0.319. The molecule has 1 unspecified atom stereocenters. The Balaban J connectivity index is 4.38. The van der Waals surface area contributed by atoms with Crippen LogP contribution in [0, 0.1) is 0 Å². The first-order valence-electron chi connectivity index (χ1n) is 8.99. The minimum Gasteiger partial charge on any atom is -0.312 e. The first-order valence-corrected chi connectivity index (χ1v) is 8.99. The maximum Gasteiger partial charge on any atom is 0.0351 e. The molecular weight excluding hydrogens is 244 g/mol. The molecule has 0 saturated carbocycles. The second-order valence-corrected chi connectivity index (χ2v) is 6.37. The van der Waals surface area contributed by atoms with Crippen molar-refractivity contribution in [3.63, 3.8) is 0 Å². The van der Waals surface area contributed by atoms with Gasteiger partial charge in [0.25, 0.3) is 0 Å². The van der Waals surface area contributed by atoms with Crippen LogP contribution < -0.4 is 5.32 Å². The molecule has 0 rings (SSSR count). The molecule has 1 N–H and O–H groups in total. The van der Waals surface area contributed by atoms with Gasteiger partial charge in [-0.2, -0.15) is 0 Å². The van der Waals surface area contributed by atoms with Gasteiger partial charge in [-0.25, -0.2) is 0 Å². The molecule has 0 aromatic carbocycles. The molecule has 1 atom stereocenters. The van der Waals surface area contributed by atoms with E-state index in [0.29, 0.717) is 11.6 Å². The molecule has 0 heterocycles. The van der Waals surface area contributed by atoms with Crippen LogP contribution in [0.5, 0.6) is 0 Å². The Labute approximate surface area is 128 Å². The van der Waals surface area contributed by atoms with Crippen molar-refractivity contribution in [3.05, 3.63) is 0 Å². The second kappa shape index (κ2) is 11.6. The van der Waals surface area contributed by atoms with Gasteiger partial charge < -0.3 is 10.2 Å². The van der Waals surface area contributed by atoms with E-state index in [0.717, 1.165) is 6.54 Å². The fraction of sp³-hybridized carbons (Fsp3) is 1.00. The van der Waals surface area contributed by atoms with E-state index in [-0.39, 0.29) is 0 Å². The predicted molar refractivity (Wildman–Crippen MR) is 92.5 cm³/mol. The number of rotatable bonds is 13. The standard InChI is InChI=1S/C18H40N2/c1-7-11-12-13-14-15-16-17(19-10-4)18(8-2,9-3)20(5)6/h17,19H,7-16H2,1-6H3. The molecule has 0 aromatic rings. The van der Waals surface area contributed by atoms with Crippen LogP contribution in [-0.2, 0) is 0 Å². The average Bonchev–Trinajstić information content (AvgIpc) is 2.44. The van der Waals surface area contributed by atoms with Crippen molar-refractivity contribution >= 4 is 0 Å². The molecule has 0 aliphatic carbocycles. The zero-order valence-corrected chi connectivity index (χ0v) is 15.1. The van der Waals surface area contributed by atoms with E-state index in [1.165, 1.54) is 57.8 Å². The molecule has 20 heavy (non-hydrogen) atoms. The normalized spacial score (nSPS) is 13.9. The zero-order valence-electron chi connectivity index (χ0n) is 15.1. The topological polar surface area (TPSA) is 15.3 Å². The summed E-state index contributed by atoms with van der Waals surface area (Å²) in [5.74, 6) is 0. The summed E-state index contributed by atoms with van der Waals surface area (Å²) in [5, 5.41) is 3.77. The third-order valence-corrected chi connectivity index (χ3v) is 5.06. The van der Waals surface area contributed by atoms with Gasteiger partial charge in [0.15, 0.2) is 0 Å². The number of nitrogens with one attached hydrogen (secondary N) is 1. The maximum atomic E-state index is 3.77. The molecule has 0 radical (unpaired) electrons. The van der Waals surface area contributed by atoms with Crippen molar-refractivity contribution in [2.75, 3.05) is 20.6 Å². The van der Waals surface area contributed by atoms with Crippen molar-refractivity contribution in [2.45, 2.75) is 97.1 Å². The Morgan fingerprint density at radius 2 is 1.40 bits per heavy atom. The minimum atomic E-state index is 0.319. The Kier molecular flexibility index (Phi) is 11.5. The smallest absolute Gasteiger partial charge is 0.0351 e. The van der Waals surface area contributed by atoms with E-state index in [9.17, 15) is 0 Å². The van der Waals surface area contributed by atoms with Crippen molar-refractivity contribution in [2.24, 2.45) is 0 Å². The predicted octanol–water partition coefficient (Wildman–Crippen LogP) is 4.84. The zero-order chi connectivity index (χ0) is 15.4. The van der Waals surface area contributed by atoms with Crippen LogP contribution in [0.1, 0.15) is 85.5 Å². The van der Waals surface area contributed by atoms with Gasteiger partial charge in [0, 0.05) is 11.6 Å². The summed E-state index contributed by atoms with van der Waals surface area (Å²) in [6.07, 6.45) is 12.1. The number of nitrogens with zero attached hydrogens (tertiary/aromatic N) is 1. The van der Waals surface area contributed by atoms with Crippen molar-refractivity contribution < 1.29 is 0 Å². The number of likely N-dealkylation sites (N-methyl/N-ethyl adjacent to an activating group) is 2. The first kappa shape index (κ1) is 19.9. The van der Waals surface area contributed by atoms with E-state index in [1.807, 2.05) is 0 Å². The fourth-order valence-corrected chi connectivity index (χ4v) is 3.62. The summed E-state index contributed by atoms with van der Waals surface area (Å²) in [4.78, 5) is 2.46. The molecule has 2 heteroatoms. The SMILES string of the molecule is CCCCCCCCC(NCC)C(CC)(CC)N(C)C. The molecule has 0 saturated heterocycles. The van der Waals surface area contributed by atoms with Crippen molar-refractivity contribution in [1.82, 2.24) is 10.2 Å². The number of unbranched alkanes of at least 4 members (excludes halogenated alkanes) is 5. The summed E-state index contributed by atoms with van der Waals surface area (Å²) >= 11 is 0. The maximum absolute atomic E-state index is 3.77. The quantitative estimate of drug-likeness (QED) is 0.487. The average molecular weight is 285 g/mol. The van der Waals surface area contributed by atoms with Crippen LogP contribution in [0.15, 0.2) is 0 Å². The van der Waals surface area contributed by atoms with E-state index in [4.69, 9.17) is 0 Å². The Morgan fingerprint density at radius 3 is 1.85 bits per heavy atom. The monoisotopic (exact) mass is 284 g/mol. The van der Waals surface area contributed by atoms with Crippen LogP contribution in [0.25, 0.3) is 0 Å². The summed E-state index contributed by atoms with van der Waals surface area (Å²) in [7, 11) is 4.50. The third kappa shape index (κ3) is 6.13. The van der Waals surface area contributed by atoms with Crippen LogP contribution in [0.2, 0.25) is 0 Å². The number of hydrogen-bond donors (Lipinski definition) is 1. The molecule has 0 amide bonds. The van der Waals surface area contributed by atoms with Crippen LogP contribution in [0.3, 0.4) is 0 Å². The van der Waals surface area contributed by atoms with Gasteiger partial charge in [-0.1, -0.05) is 66.2 Å². The van der Waals surface area contributed by atoms with Crippen LogP contribution in [0.4, 0.5) is 0 Å². The lowest BCUT2D eigenvalue weighted by Gasteiger charge is -2.45. The second-order valence-electron chi connectivity index (χ2n) is 6.37. The van der Waals surface area contributed by atoms with Gasteiger partial charge in [-0.15, -0.1) is 0 Å². The lowest BCUT2D eigenvalue weighted by Crippen LogP contribution is -2.58.